The molecule has 0 aliphatic carbocycles. The molecule has 0 N–H and O–H groups in total. The van der Waals surface area contributed by atoms with Crippen molar-refractivity contribution in [1.29, 1.82) is 0 Å². The molecule has 0 aromatic heterocycles. The van der Waals surface area contributed by atoms with Crippen molar-refractivity contribution in [3.63, 3.8) is 0 Å². The molecule has 0 aromatic rings. The van der Waals surface area contributed by atoms with E-state index in [9.17, 15) is 0 Å². The summed E-state index contributed by atoms with van der Waals surface area (Å²) in [6.45, 7) is 0. The van der Waals surface area contributed by atoms with Crippen molar-refractivity contribution in [2.45, 2.75) is 5.67 Å². The Morgan fingerprint density at radius 3 is 1.14 bits per heavy atom. The lowest BCUT2D eigenvalue weighted by Gasteiger charge is -1.91. The van der Waals surface area contributed by atoms with Crippen molar-refractivity contribution in [2.75, 3.05) is 0 Å². The molecule has 2 radical (unpaired) electrons. The van der Waals surface area contributed by atoms with Gasteiger partial charge in [0, 0.05) is 0 Å². The summed E-state index contributed by atoms with van der Waals surface area (Å²) in [6, 6.07) is 0. The van der Waals surface area contributed by atoms with Gasteiger partial charge in [-0.1, -0.05) is 0 Å². The molecule has 6 heteroatoms. The van der Waals surface area contributed by atoms with Gasteiger partial charge in [-0.05, 0) is 5.67 Å². The molecule has 0 aliphatic heterocycles. The fraction of sp³-hybridized carbons (Fsp3) is 1.00. The van der Waals surface area contributed by atoms with Crippen LogP contribution < -0.4 is 0 Å². The van der Waals surface area contributed by atoms with Gasteiger partial charge in [-0.3, -0.25) is 0 Å². The molecule has 0 amide bonds. The van der Waals surface area contributed by atoms with Crippen molar-refractivity contribution < 1.29 is 0 Å². The van der Waals surface area contributed by atoms with Gasteiger partial charge in [0.1, 0.15) is 0 Å². The molecule has 42 valence electrons. The van der Waals surface area contributed by atoms with Gasteiger partial charge in [-0.15, -0.1) is 44.3 Å². The van der Waals surface area contributed by atoms with Crippen LogP contribution in [0.2, 0.25) is 5.67 Å². The molecule has 0 rings (SSSR count). The summed E-state index contributed by atoms with van der Waals surface area (Å²) >= 11 is 21.6. The van der Waals surface area contributed by atoms with E-state index in [2.05, 4.69) is 0 Å². The molecule has 0 spiro atoms. The number of hydrogen-bond acceptors (Lipinski definition) is 0. The van der Waals surface area contributed by atoms with E-state index in [1.54, 1.807) is 0 Å². The van der Waals surface area contributed by atoms with Crippen molar-refractivity contribution in [2.24, 2.45) is 0 Å². The average molecular weight is 212 g/mol. The first-order valence-corrected chi connectivity index (χ1v) is 8.92. The fourth-order valence-electron chi connectivity index (χ4n) is 0.101. The summed E-state index contributed by atoms with van der Waals surface area (Å²) in [5.41, 5.74) is 0.627. The third-order valence-electron chi connectivity index (χ3n) is 0.267. The van der Waals surface area contributed by atoms with Crippen LogP contribution in [0.5, 0.6) is 0 Å². The SMILES string of the molecule is Cl[Si](Cl)C[Si](Cl)Cl. The van der Waals surface area contributed by atoms with Crippen LogP contribution in [0.4, 0.5) is 0 Å². The van der Waals surface area contributed by atoms with E-state index in [1.165, 1.54) is 0 Å². The third kappa shape index (κ3) is 7.59. The van der Waals surface area contributed by atoms with E-state index < -0.39 is 14.8 Å². The zero-order valence-electron chi connectivity index (χ0n) is 3.22. The predicted octanol–water partition coefficient (Wildman–Crippen LogP) is 2.46. The van der Waals surface area contributed by atoms with Gasteiger partial charge in [0.05, 0.1) is 0 Å². The maximum Gasteiger partial charge on any atom is 0.273 e. The van der Waals surface area contributed by atoms with Crippen molar-refractivity contribution >= 4 is 59.1 Å². The van der Waals surface area contributed by atoms with E-state index in [-0.39, 0.29) is 0 Å². The summed E-state index contributed by atoms with van der Waals surface area (Å²) in [5, 5.41) is 0. The number of hydrogen-bond donors (Lipinski definition) is 0. The monoisotopic (exact) mass is 210 g/mol. The highest BCUT2D eigenvalue weighted by molar-refractivity contribution is 7.44. The normalized spacial score (nSPS) is 11.1. The smallest absolute Gasteiger partial charge is 0.147 e. The van der Waals surface area contributed by atoms with Crippen LogP contribution >= 0.6 is 44.3 Å². The van der Waals surface area contributed by atoms with E-state index >= 15 is 0 Å². The standard InChI is InChI=1S/CH2Cl4Si2/c2-6(3)1-7(4)5/h1H2. The first-order valence-electron chi connectivity index (χ1n) is 1.46. The quantitative estimate of drug-likeness (QED) is 0.487. The second-order valence-electron chi connectivity index (χ2n) is 0.854. The van der Waals surface area contributed by atoms with E-state index in [0.717, 1.165) is 0 Å². The van der Waals surface area contributed by atoms with Gasteiger partial charge >= 0.3 is 0 Å². The Kier molecular flexibility index (Phi) is 5.49. The molecule has 0 nitrogen and oxygen atoms in total. The Balaban J connectivity index is 2.95. The minimum Gasteiger partial charge on any atom is -0.147 e. The highest BCUT2D eigenvalue weighted by atomic mass is 35.7. The second-order valence-corrected chi connectivity index (χ2v) is 10.3. The van der Waals surface area contributed by atoms with Crippen LogP contribution in [-0.2, 0) is 0 Å². The Morgan fingerprint density at radius 1 is 0.857 bits per heavy atom. The Hall–Kier alpha value is 1.59. The Bertz CT molecular complexity index is 39.0. The maximum atomic E-state index is 5.40. The lowest BCUT2D eigenvalue weighted by molar-refractivity contribution is 2.06. The van der Waals surface area contributed by atoms with Crippen molar-refractivity contribution in [3.8, 4) is 0 Å². The first kappa shape index (κ1) is 8.59. The molecule has 0 unspecified atom stereocenters. The molecule has 0 aromatic carbocycles. The van der Waals surface area contributed by atoms with Crippen LogP contribution in [0, 0.1) is 0 Å². The molecule has 0 fully saturated rings. The lowest BCUT2D eigenvalue weighted by atomic mass is 11.9. The van der Waals surface area contributed by atoms with Crippen molar-refractivity contribution in [1.82, 2.24) is 0 Å². The summed E-state index contributed by atoms with van der Waals surface area (Å²) in [7, 11) is -2.42. The maximum absolute atomic E-state index is 5.40. The van der Waals surface area contributed by atoms with Gasteiger partial charge in [0.2, 0.25) is 0 Å². The fourth-order valence-corrected chi connectivity index (χ4v) is 8.18. The molecule has 0 aliphatic rings. The number of halogens is 4. The summed E-state index contributed by atoms with van der Waals surface area (Å²) < 4.78 is 0. The van der Waals surface area contributed by atoms with Crippen LogP contribution in [0.15, 0.2) is 0 Å². The minimum atomic E-state index is -1.21. The predicted molar refractivity (Wildman–Crippen MR) is 39.7 cm³/mol. The van der Waals surface area contributed by atoms with Gasteiger partial charge in [0.15, 0.2) is 0 Å². The molecular formula is CH2Cl4Si2. The zero-order valence-corrected chi connectivity index (χ0v) is 8.24. The first-order chi connectivity index (χ1) is 3.13. The van der Waals surface area contributed by atoms with Gasteiger partial charge in [-0.25, -0.2) is 0 Å². The minimum absolute atomic E-state index is 0.627. The van der Waals surface area contributed by atoms with Gasteiger partial charge < -0.3 is 0 Å². The molecule has 0 heterocycles. The molecule has 0 bridgehead atoms. The van der Waals surface area contributed by atoms with Crippen LogP contribution in [0.1, 0.15) is 0 Å². The zero-order chi connectivity index (χ0) is 5.86. The molecule has 0 saturated carbocycles. The Morgan fingerprint density at radius 2 is 1.14 bits per heavy atom. The molecule has 0 saturated heterocycles. The molecular weight excluding hydrogens is 210 g/mol. The average Bonchev–Trinajstić information content (AvgIpc) is 1.27. The van der Waals surface area contributed by atoms with Crippen LogP contribution in [-0.4, -0.2) is 14.8 Å². The Labute approximate surface area is 64.7 Å². The van der Waals surface area contributed by atoms with Gasteiger partial charge in [-0.2, -0.15) is 0 Å². The second kappa shape index (κ2) is 4.47. The summed E-state index contributed by atoms with van der Waals surface area (Å²) in [5.74, 6) is 0. The van der Waals surface area contributed by atoms with E-state index in [4.69, 9.17) is 44.3 Å². The highest BCUT2D eigenvalue weighted by Gasteiger charge is 2.11. The lowest BCUT2D eigenvalue weighted by Crippen LogP contribution is -2.02. The summed E-state index contributed by atoms with van der Waals surface area (Å²) in [6.07, 6.45) is 0. The third-order valence-corrected chi connectivity index (χ3v) is 7.22. The number of rotatable bonds is 2. The van der Waals surface area contributed by atoms with E-state index in [1.807, 2.05) is 0 Å². The topological polar surface area (TPSA) is 0 Å². The van der Waals surface area contributed by atoms with Crippen LogP contribution in [0.3, 0.4) is 0 Å². The largest absolute Gasteiger partial charge is 0.273 e. The molecule has 7 heavy (non-hydrogen) atoms. The van der Waals surface area contributed by atoms with E-state index in [0.29, 0.717) is 5.67 Å². The highest BCUT2D eigenvalue weighted by Crippen LogP contribution is 2.10. The van der Waals surface area contributed by atoms with Crippen LogP contribution in [0.25, 0.3) is 0 Å². The van der Waals surface area contributed by atoms with Gasteiger partial charge in [0.25, 0.3) is 14.8 Å². The summed E-state index contributed by atoms with van der Waals surface area (Å²) in [4.78, 5) is 0. The van der Waals surface area contributed by atoms with Crippen molar-refractivity contribution in [3.05, 3.63) is 0 Å². The molecule has 0 atom stereocenters.